The molecule has 2 N–H and O–H groups in total. The average Bonchev–Trinajstić information content (AvgIpc) is 3.28. The molecule has 0 radical (unpaired) electrons. The van der Waals surface area contributed by atoms with Gasteiger partial charge in [-0.2, -0.15) is 13.2 Å². The summed E-state index contributed by atoms with van der Waals surface area (Å²) in [5.74, 6) is -2.06. The van der Waals surface area contributed by atoms with Crippen LogP contribution in [0.4, 0.5) is 17.6 Å². The van der Waals surface area contributed by atoms with Gasteiger partial charge in [-0.05, 0) is 43.4 Å². The van der Waals surface area contributed by atoms with E-state index in [4.69, 9.17) is 9.90 Å². The van der Waals surface area contributed by atoms with Crippen molar-refractivity contribution in [3.05, 3.63) is 35.1 Å². The van der Waals surface area contributed by atoms with E-state index >= 15 is 0 Å². The highest BCUT2D eigenvalue weighted by Crippen LogP contribution is 2.44. The number of rotatable bonds is 3. The van der Waals surface area contributed by atoms with Crippen LogP contribution in [0, 0.1) is 30.5 Å². The van der Waals surface area contributed by atoms with Crippen LogP contribution >= 0.6 is 0 Å². The summed E-state index contributed by atoms with van der Waals surface area (Å²) >= 11 is 0. The van der Waals surface area contributed by atoms with Crippen LogP contribution in [-0.2, 0) is 9.59 Å². The highest BCUT2D eigenvalue weighted by molar-refractivity contribution is 5.94. The third-order valence-corrected chi connectivity index (χ3v) is 7.04. The molecule has 2 amide bonds. The number of piperidine rings is 1. The van der Waals surface area contributed by atoms with Crippen LogP contribution in [0.25, 0.3) is 0 Å². The smallest absolute Gasteiger partial charge is 0.475 e. The Bertz CT molecular complexity index is 974. The molecule has 7 nitrogen and oxygen atoms in total. The van der Waals surface area contributed by atoms with Gasteiger partial charge in [-0.15, -0.1) is 0 Å². The zero-order valence-corrected chi connectivity index (χ0v) is 20.0. The van der Waals surface area contributed by atoms with Gasteiger partial charge >= 0.3 is 12.1 Å². The molecule has 0 unspecified atom stereocenters. The number of likely N-dealkylation sites (tertiary alicyclic amines) is 2. The molecule has 11 heteroatoms. The minimum atomic E-state index is -5.08. The molecule has 3 aliphatic rings. The lowest BCUT2D eigenvalue weighted by atomic mass is 9.75. The summed E-state index contributed by atoms with van der Waals surface area (Å²) in [6.45, 7) is 10.1. The van der Waals surface area contributed by atoms with Crippen LogP contribution in [0.1, 0.15) is 42.6 Å². The average molecular weight is 502 g/mol. The first kappa shape index (κ1) is 26.9. The molecular formula is C24H31F4N3O4. The van der Waals surface area contributed by atoms with E-state index in [-0.39, 0.29) is 29.1 Å². The first-order chi connectivity index (χ1) is 16.2. The van der Waals surface area contributed by atoms with Crippen molar-refractivity contribution in [3.8, 4) is 0 Å². The summed E-state index contributed by atoms with van der Waals surface area (Å²) < 4.78 is 45.6. The molecule has 1 spiro atoms. The van der Waals surface area contributed by atoms with Crippen molar-refractivity contribution in [2.75, 3.05) is 32.7 Å². The Labute approximate surface area is 201 Å². The topological polar surface area (TPSA) is 90.0 Å². The third-order valence-electron chi connectivity index (χ3n) is 7.04. The van der Waals surface area contributed by atoms with Gasteiger partial charge < -0.3 is 20.2 Å². The Morgan fingerprint density at radius 3 is 2.31 bits per heavy atom. The minimum Gasteiger partial charge on any atom is -0.475 e. The number of carboxylic acid groups (broad SMARTS) is 1. The number of hydrogen-bond acceptors (Lipinski definition) is 4. The number of hydrogen-bond donors (Lipinski definition) is 2. The van der Waals surface area contributed by atoms with E-state index in [0.29, 0.717) is 36.1 Å². The molecule has 1 aromatic rings. The number of carbonyl (C=O) groups is 3. The van der Waals surface area contributed by atoms with Crippen molar-refractivity contribution in [3.63, 3.8) is 0 Å². The number of aliphatic carboxylic acids is 1. The molecule has 3 aliphatic heterocycles. The molecule has 1 aromatic carbocycles. The molecule has 0 bridgehead atoms. The highest BCUT2D eigenvalue weighted by atomic mass is 19.4. The molecule has 3 saturated heterocycles. The van der Waals surface area contributed by atoms with E-state index in [9.17, 15) is 27.2 Å². The monoisotopic (exact) mass is 501 g/mol. The SMILES string of the molecule is Cc1ccc(C(=O)N2CCC3(CC2)NC(=O)[C@@H]2CN(CC(C)C)C[C@@H]23)cc1F.O=C(O)C(F)(F)F. The zero-order chi connectivity index (χ0) is 26.1. The Balaban J connectivity index is 0.000000429. The Morgan fingerprint density at radius 1 is 1.20 bits per heavy atom. The number of aryl methyl sites for hydroxylation is 1. The van der Waals surface area contributed by atoms with Crippen LogP contribution < -0.4 is 5.32 Å². The number of carboxylic acids is 1. The quantitative estimate of drug-likeness (QED) is 0.622. The second-order valence-electron chi connectivity index (χ2n) is 10.0. The normalized spacial score (nSPS) is 23.7. The lowest BCUT2D eigenvalue weighted by Crippen LogP contribution is -2.56. The first-order valence-electron chi connectivity index (χ1n) is 11.6. The van der Waals surface area contributed by atoms with E-state index in [2.05, 4.69) is 24.1 Å². The van der Waals surface area contributed by atoms with Crippen molar-refractivity contribution in [2.24, 2.45) is 17.8 Å². The van der Waals surface area contributed by atoms with Gasteiger partial charge in [0.25, 0.3) is 5.91 Å². The fourth-order valence-electron chi connectivity index (χ4n) is 5.32. The molecule has 4 rings (SSSR count). The Kier molecular flexibility index (Phi) is 7.78. The molecule has 3 fully saturated rings. The number of carbonyl (C=O) groups excluding carboxylic acids is 2. The molecule has 0 aliphatic carbocycles. The predicted molar refractivity (Wildman–Crippen MR) is 119 cm³/mol. The summed E-state index contributed by atoms with van der Waals surface area (Å²) in [6.07, 6.45) is -3.54. The molecule has 35 heavy (non-hydrogen) atoms. The first-order valence-corrected chi connectivity index (χ1v) is 11.6. The largest absolute Gasteiger partial charge is 0.490 e. The van der Waals surface area contributed by atoms with Crippen molar-refractivity contribution < 1.29 is 37.1 Å². The summed E-state index contributed by atoms with van der Waals surface area (Å²) in [6, 6.07) is 4.67. The van der Waals surface area contributed by atoms with E-state index in [1.54, 1.807) is 24.0 Å². The number of benzene rings is 1. The number of fused-ring (bicyclic) bond motifs is 2. The third kappa shape index (κ3) is 5.94. The van der Waals surface area contributed by atoms with Crippen LogP contribution in [0.2, 0.25) is 0 Å². The summed E-state index contributed by atoms with van der Waals surface area (Å²) in [7, 11) is 0. The van der Waals surface area contributed by atoms with Gasteiger partial charge in [0, 0.05) is 49.7 Å². The van der Waals surface area contributed by atoms with Crippen molar-refractivity contribution in [1.82, 2.24) is 15.1 Å². The number of amides is 2. The van der Waals surface area contributed by atoms with Gasteiger partial charge in [-0.25, -0.2) is 9.18 Å². The lowest BCUT2D eigenvalue weighted by Gasteiger charge is -2.43. The van der Waals surface area contributed by atoms with E-state index in [0.717, 1.165) is 32.5 Å². The highest BCUT2D eigenvalue weighted by Gasteiger charge is 2.57. The van der Waals surface area contributed by atoms with Crippen LogP contribution in [0.3, 0.4) is 0 Å². The van der Waals surface area contributed by atoms with Crippen LogP contribution in [0.5, 0.6) is 0 Å². The summed E-state index contributed by atoms with van der Waals surface area (Å²) in [4.78, 5) is 38.5. The standard InChI is InChI=1S/C22H30FN3O2.C2HF3O2/c1-14(2)11-25-12-17-18(13-25)22(24-20(17)27)6-8-26(9-7-22)21(28)16-5-4-15(3)19(23)10-16;3-2(4,5)1(6)7/h4-5,10,14,17-18H,6-9,11-13H2,1-3H3,(H,24,27);(H,6,7)/t17-,18+;/m1./s1. The van der Waals surface area contributed by atoms with Crippen molar-refractivity contribution in [1.29, 1.82) is 0 Å². The molecule has 2 atom stereocenters. The van der Waals surface area contributed by atoms with Crippen molar-refractivity contribution >= 4 is 17.8 Å². The van der Waals surface area contributed by atoms with E-state index in [1.165, 1.54) is 6.07 Å². The minimum absolute atomic E-state index is 0.0761. The van der Waals surface area contributed by atoms with Gasteiger partial charge in [0.15, 0.2) is 0 Å². The molecule has 0 aromatic heterocycles. The second kappa shape index (κ2) is 10.1. The fourth-order valence-corrected chi connectivity index (χ4v) is 5.32. The Hall–Kier alpha value is -2.69. The number of halogens is 4. The van der Waals surface area contributed by atoms with Gasteiger partial charge in [0.2, 0.25) is 5.91 Å². The van der Waals surface area contributed by atoms with E-state index < -0.39 is 12.1 Å². The van der Waals surface area contributed by atoms with Gasteiger partial charge in [-0.1, -0.05) is 19.9 Å². The van der Waals surface area contributed by atoms with Crippen LogP contribution in [0.15, 0.2) is 18.2 Å². The lowest BCUT2D eigenvalue weighted by molar-refractivity contribution is -0.192. The van der Waals surface area contributed by atoms with E-state index in [1.807, 2.05) is 0 Å². The maximum Gasteiger partial charge on any atom is 0.490 e. The maximum atomic E-state index is 13.8. The number of nitrogens with one attached hydrogen (secondary N) is 1. The molecule has 3 heterocycles. The zero-order valence-electron chi connectivity index (χ0n) is 20.0. The number of nitrogens with zero attached hydrogens (tertiary/aromatic N) is 2. The summed E-state index contributed by atoms with van der Waals surface area (Å²) in [5.41, 5.74) is 0.750. The predicted octanol–water partition coefficient (Wildman–Crippen LogP) is 3.08. The van der Waals surface area contributed by atoms with Crippen molar-refractivity contribution in [2.45, 2.75) is 45.3 Å². The van der Waals surface area contributed by atoms with Gasteiger partial charge in [0.05, 0.1) is 5.92 Å². The van der Waals surface area contributed by atoms with Crippen LogP contribution in [-0.4, -0.2) is 77.1 Å². The summed E-state index contributed by atoms with van der Waals surface area (Å²) in [5, 5.41) is 10.4. The Morgan fingerprint density at radius 2 is 1.80 bits per heavy atom. The molecular weight excluding hydrogens is 470 g/mol. The molecule has 0 saturated carbocycles. The fraction of sp³-hybridized carbons (Fsp3) is 0.625. The van der Waals surface area contributed by atoms with Gasteiger partial charge in [0.1, 0.15) is 5.82 Å². The second-order valence-corrected chi connectivity index (χ2v) is 10.0. The molecule has 194 valence electrons. The van der Waals surface area contributed by atoms with Gasteiger partial charge in [-0.3, -0.25) is 9.59 Å². The number of alkyl halides is 3. The maximum absolute atomic E-state index is 13.8.